The van der Waals surface area contributed by atoms with Crippen LogP contribution in [0.15, 0.2) is 17.4 Å². The van der Waals surface area contributed by atoms with E-state index in [9.17, 15) is 0 Å². The van der Waals surface area contributed by atoms with Crippen molar-refractivity contribution in [2.75, 3.05) is 39.5 Å². The van der Waals surface area contributed by atoms with Gasteiger partial charge in [-0.2, -0.15) is 5.10 Å². The summed E-state index contributed by atoms with van der Waals surface area (Å²) in [6, 6.07) is 0. The summed E-state index contributed by atoms with van der Waals surface area (Å²) in [6.07, 6.45) is 5.91. The van der Waals surface area contributed by atoms with Crippen LogP contribution in [0.1, 0.15) is 25.3 Å². The fourth-order valence-corrected chi connectivity index (χ4v) is 2.41. The predicted octanol–water partition coefficient (Wildman–Crippen LogP) is 0.918. The first kappa shape index (κ1) is 17.7. The Morgan fingerprint density at radius 3 is 3.13 bits per heavy atom. The van der Waals surface area contributed by atoms with Crippen molar-refractivity contribution in [3.63, 3.8) is 0 Å². The van der Waals surface area contributed by atoms with E-state index in [0.29, 0.717) is 12.5 Å². The normalized spacial score (nSPS) is 18.3. The molecule has 0 spiro atoms. The number of rotatable bonds is 9. The van der Waals surface area contributed by atoms with E-state index in [1.165, 1.54) is 0 Å². The average Bonchev–Trinajstić information content (AvgIpc) is 3.19. The summed E-state index contributed by atoms with van der Waals surface area (Å²) in [5, 5.41) is 10.7. The highest BCUT2D eigenvalue weighted by Gasteiger charge is 2.15. The highest BCUT2D eigenvalue weighted by molar-refractivity contribution is 5.79. The summed E-state index contributed by atoms with van der Waals surface area (Å²) in [6.45, 7) is 7.70. The molecule has 1 unspecified atom stereocenters. The minimum absolute atomic E-state index is 0.585. The van der Waals surface area contributed by atoms with Crippen LogP contribution in [0.25, 0.3) is 0 Å². The molecule has 7 heteroatoms. The van der Waals surface area contributed by atoms with Gasteiger partial charge in [-0.25, -0.2) is 4.99 Å². The van der Waals surface area contributed by atoms with E-state index >= 15 is 0 Å². The second-order valence-corrected chi connectivity index (χ2v) is 5.80. The zero-order valence-corrected chi connectivity index (χ0v) is 14.3. The Hall–Kier alpha value is -1.60. The largest absolute Gasteiger partial charge is 0.381 e. The summed E-state index contributed by atoms with van der Waals surface area (Å²) in [4.78, 5) is 4.56. The summed E-state index contributed by atoms with van der Waals surface area (Å²) < 4.78 is 12.8. The van der Waals surface area contributed by atoms with Crippen LogP contribution >= 0.6 is 0 Å². The quantitative estimate of drug-likeness (QED) is 0.402. The molecule has 0 amide bonds. The van der Waals surface area contributed by atoms with Crippen LogP contribution in [-0.4, -0.2) is 55.3 Å². The van der Waals surface area contributed by atoms with E-state index in [2.05, 4.69) is 27.6 Å². The van der Waals surface area contributed by atoms with Gasteiger partial charge in [0.05, 0.1) is 26.0 Å². The minimum atomic E-state index is 0.585. The SMILES string of the molecule is CCNC(=NCc1cnn(C)c1)NCCCOCC1CCOC1. The average molecular weight is 323 g/mol. The van der Waals surface area contributed by atoms with Crippen molar-refractivity contribution in [1.82, 2.24) is 20.4 Å². The number of nitrogens with zero attached hydrogens (tertiary/aromatic N) is 3. The van der Waals surface area contributed by atoms with Gasteiger partial charge in [0.2, 0.25) is 0 Å². The van der Waals surface area contributed by atoms with E-state index in [1.807, 2.05) is 19.4 Å². The van der Waals surface area contributed by atoms with E-state index in [1.54, 1.807) is 4.68 Å². The van der Waals surface area contributed by atoms with Crippen molar-refractivity contribution in [3.8, 4) is 0 Å². The van der Waals surface area contributed by atoms with E-state index in [-0.39, 0.29) is 0 Å². The highest BCUT2D eigenvalue weighted by atomic mass is 16.5. The summed E-state index contributed by atoms with van der Waals surface area (Å²) in [5.41, 5.74) is 1.10. The lowest BCUT2D eigenvalue weighted by Gasteiger charge is -2.12. The zero-order chi connectivity index (χ0) is 16.3. The molecule has 7 nitrogen and oxygen atoms in total. The Bertz CT molecular complexity index is 469. The monoisotopic (exact) mass is 323 g/mol. The maximum absolute atomic E-state index is 5.70. The fraction of sp³-hybridized carbons (Fsp3) is 0.750. The molecular weight excluding hydrogens is 294 g/mol. The van der Waals surface area contributed by atoms with Crippen molar-refractivity contribution in [2.45, 2.75) is 26.3 Å². The second kappa shape index (κ2) is 10.2. The Labute approximate surface area is 138 Å². The number of aromatic nitrogens is 2. The molecule has 1 fully saturated rings. The number of guanidine groups is 1. The van der Waals surface area contributed by atoms with Crippen molar-refractivity contribution < 1.29 is 9.47 Å². The third-order valence-electron chi connectivity index (χ3n) is 3.66. The molecule has 0 bridgehead atoms. The zero-order valence-electron chi connectivity index (χ0n) is 14.3. The van der Waals surface area contributed by atoms with Crippen LogP contribution in [0.2, 0.25) is 0 Å². The smallest absolute Gasteiger partial charge is 0.191 e. The highest BCUT2D eigenvalue weighted by Crippen LogP contribution is 2.12. The van der Waals surface area contributed by atoms with Gasteiger partial charge in [0.25, 0.3) is 0 Å². The van der Waals surface area contributed by atoms with Crippen molar-refractivity contribution >= 4 is 5.96 Å². The predicted molar refractivity (Wildman–Crippen MR) is 90.4 cm³/mol. The third-order valence-corrected chi connectivity index (χ3v) is 3.66. The molecule has 1 saturated heterocycles. The van der Waals surface area contributed by atoms with Crippen molar-refractivity contribution in [1.29, 1.82) is 0 Å². The molecule has 1 aliphatic rings. The van der Waals surface area contributed by atoms with Crippen molar-refractivity contribution in [3.05, 3.63) is 18.0 Å². The van der Waals surface area contributed by atoms with Gasteiger partial charge < -0.3 is 20.1 Å². The van der Waals surface area contributed by atoms with E-state index < -0.39 is 0 Å². The minimum Gasteiger partial charge on any atom is -0.381 e. The Kier molecular flexibility index (Phi) is 7.89. The van der Waals surface area contributed by atoms with Crippen LogP contribution in [0, 0.1) is 5.92 Å². The molecule has 0 radical (unpaired) electrons. The van der Waals surface area contributed by atoms with Gasteiger partial charge in [-0.15, -0.1) is 0 Å². The molecule has 1 aromatic rings. The van der Waals surface area contributed by atoms with Crippen LogP contribution in [-0.2, 0) is 23.1 Å². The van der Waals surface area contributed by atoms with Gasteiger partial charge in [0, 0.05) is 51.0 Å². The molecule has 0 aromatic carbocycles. The Morgan fingerprint density at radius 1 is 1.52 bits per heavy atom. The number of ether oxygens (including phenoxy) is 2. The molecular formula is C16H29N5O2. The third kappa shape index (κ3) is 7.00. The number of aryl methyl sites for hydroxylation is 1. The first-order valence-corrected chi connectivity index (χ1v) is 8.43. The molecule has 0 aliphatic carbocycles. The molecule has 2 heterocycles. The number of aliphatic imine (C=N–C) groups is 1. The molecule has 1 aliphatic heterocycles. The van der Waals surface area contributed by atoms with Crippen LogP contribution in [0.4, 0.5) is 0 Å². The summed E-state index contributed by atoms with van der Waals surface area (Å²) in [5.74, 6) is 1.42. The van der Waals surface area contributed by atoms with Gasteiger partial charge in [0.1, 0.15) is 0 Å². The Morgan fingerprint density at radius 2 is 2.43 bits per heavy atom. The van der Waals surface area contributed by atoms with Crippen LogP contribution in [0.5, 0.6) is 0 Å². The standard InChI is InChI=1S/C16H29N5O2/c1-3-17-16(19-9-15-10-20-21(2)11-15)18-6-4-7-22-12-14-5-8-23-13-14/h10-11,14H,3-9,12-13H2,1-2H3,(H2,17,18,19). The van der Waals surface area contributed by atoms with Crippen molar-refractivity contribution in [2.24, 2.45) is 18.0 Å². The lowest BCUT2D eigenvalue weighted by molar-refractivity contribution is 0.0888. The van der Waals surface area contributed by atoms with Gasteiger partial charge in [0.15, 0.2) is 5.96 Å². The topological polar surface area (TPSA) is 72.7 Å². The van der Waals surface area contributed by atoms with Gasteiger partial charge in [-0.3, -0.25) is 4.68 Å². The Balaban J connectivity index is 1.59. The van der Waals surface area contributed by atoms with Crippen LogP contribution in [0.3, 0.4) is 0 Å². The molecule has 1 aromatic heterocycles. The molecule has 1 atom stereocenters. The second-order valence-electron chi connectivity index (χ2n) is 5.80. The maximum atomic E-state index is 5.70. The maximum Gasteiger partial charge on any atom is 0.191 e. The molecule has 23 heavy (non-hydrogen) atoms. The van der Waals surface area contributed by atoms with E-state index in [4.69, 9.17) is 9.47 Å². The van der Waals surface area contributed by atoms with Crippen LogP contribution < -0.4 is 10.6 Å². The van der Waals surface area contributed by atoms with E-state index in [0.717, 1.165) is 63.9 Å². The molecule has 0 saturated carbocycles. The van der Waals surface area contributed by atoms with Gasteiger partial charge in [-0.1, -0.05) is 0 Å². The lowest BCUT2D eigenvalue weighted by Crippen LogP contribution is -2.38. The first-order chi connectivity index (χ1) is 11.3. The summed E-state index contributed by atoms with van der Waals surface area (Å²) in [7, 11) is 1.91. The number of nitrogens with one attached hydrogen (secondary N) is 2. The number of hydrogen-bond acceptors (Lipinski definition) is 4. The molecule has 2 rings (SSSR count). The number of hydrogen-bond donors (Lipinski definition) is 2. The molecule has 130 valence electrons. The fourth-order valence-electron chi connectivity index (χ4n) is 2.41. The molecule has 2 N–H and O–H groups in total. The first-order valence-electron chi connectivity index (χ1n) is 8.43. The summed E-state index contributed by atoms with van der Waals surface area (Å²) >= 11 is 0. The van der Waals surface area contributed by atoms with Gasteiger partial charge in [-0.05, 0) is 19.8 Å². The van der Waals surface area contributed by atoms with Gasteiger partial charge >= 0.3 is 0 Å². The lowest BCUT2D eigenvalue weighted by atomic mass is 10.1.